The molecule has 0 atom stereocenters. The molecule has 0 unspecified atom stereocenters. The fourth-order valence-corrected chi connectivity index (χ4v) is 2.95. The van der Waals surface area contributed by atoms with Crippen LogP contribution in [0.2, 0.25) is 0 Å². The third-order valence-electron chi connectivity index (χ3n) is 2.15. The van der Waals surface area contributed by atoms with E-state index in [0.717, 1.165) is 6.54 Å². The molecule has 0 radical (unpaired) electrons. The van der Waals surface area contributed by atoms with Crippen molar-refractivity contribution in [3.8, 4) is 0 Å². The van der Waals surface area contributed by atoms with E-state index in [-0.39, 0.29) is 10.9 Å². The zero-order valence-electron chi connectivity index (χ0n) is 10.7. The van der Waals surface area contributed by atoms with Crippen molar-refractivity contribution >= 4 is 10.0 Å². The molecule has 0 aromatic carbocycles. The van der Waals surface area contributed by atoms with Gasteiger partial charge in [0.1, 0.15) is 16.4 Å². The molecule has 0 aliphatic carbocycles. The highest BCUT2D eigenvalue weighted by Gasteiger charge is 2.21. The number of sulfonamides is 1. The Morgan fingerprint density at radius 2 is 2.06 bits per heavy atom. The topological polar surface area (TPSA) is 71.3 Å². The van der Waals surface area contributed by atoms with Gasteiger partial charge in [-0.2, -0.15) is 0 Å². The monoisotopic (exact) mass is 260 g/mol. The van der Waals surface area contributed by atoms with Crippen LogP contribution in [0.1, 0.15) is 32.3 Å². The van der Waals surface area contributed by atoms with Gasteiger partial charge in [-0.1, -0.05) is 6.92 Å². The second kappa shape index (κ2) is 5.66. The second-order valence-corrected chi connectivity index (χ2v) is 5.87. The molecule has 1 aromatic heterocycles. The van der Waals surface area contributed by atoms with Gasteiger partial charge in [-0.3, -0.25) is 0 Å². The highest BCUT2D eigenvalue weighted by atomic mass is 32.2. The number of hydrogen-bond donors (Lipinski definition) is 2. The van der Waals surface area contributed by atoms with Gasteiger partial charge in [-0.15, -0.1) is 0 Å². The van der Waals surface area contributed by atoms with Crippen LogP contribution in [0.4, 0.5) is 0 Å². The van der Waals surface area contributed by atoms with Gasteiger partial charge in [0, 0.05) is 12.1 Å². The van der Waals surface area contributed by atoms with Gasteiger partial charge >= 0.3 is 0 Å². The molecule has 0 saturated heterocycles. The van der Waals surface area contributed by atoms with Gasteiger partial charge in [0.2, 0.25) is 10.0 Å². The summed E-state index contributed by atoms with van der Waals surface area (Å²) in [5.74, 6) is 1.06. The lowest BCUT2D eigenvalue weighted by atomic mass is 10.4. The van der Waals surface area contributed by atoms with Crippen LogP contribution >= 0.6 is 0 Å². The zero-order valence-corrected chi connectivity index (χ0v) is 11.5. The van der Waals surface area contributed by atoms with Gasteiger partial charge in [0.15, 0.2) is 0 Å². The fraction of sp³-hybridized carbons (Fsp3) is 0.636. The van der Waals surface area contributed by atoms with Crippen LogP contribution in [0, 0.1) is 6.92 Å². The molecule has 0 amide bonds. The minimum Gasteiger partial charge on any atom is -0.464 e. The van der Waals surface area contributed by atoms with Crippen LogP contribution in [0.15, 0.2) is 15.4 Å². The quantitative estimate of drug-likeness (QED) is 0.810. The van der Waals surface area contributed by atoms with Crippen molar-refractivity contribution < 1.29 is 12.8 Å². The van der Waals surface area contributed by atoms with Gasteiger partial charge < -0.3 is 9.73 Å². The third-order valence-corrected chi connectivity index (χ3v) is 3.92. The van der Waals surface area contributed by atoms with Crippen LogP contribution in [-0.4, -0.2) is 21.0 Å². The van der Waals surface area contributed by atoms with Gasteiger partial charge in [0.05, 0.1) is 6.54 Å². The van der Waals surface area contributed by atoms with E-state index in [9.17, 15) is 8.42 Å². The second-order valence-electron chi connectivity index (χ2n) is 4.19. The molecule has 0 aliphatic rings. The summed E-state index contributed by atoms with van der Waals surface area (Å²) < 4.78 is 31.9. The summed E-state index contributed by atoms with van der Waals surface area (Å²) >= 11 is 0. The normalized spacial score (nSPS) is 12.3. The number of rotatable bonds is 6. The molecular formula is C11H20N2O3S. The van der Waals surface area contributed by atoms with Crippen molar-refractivity contribution in [1.29, 1.82) is 0 Å². The number of furan rings is 1. The third kappa shape index (κ3) is 3.83. The Balaban J connectivity index is 2.94. The van der Waals surface area contributed by atoms with Gasteiger partial charge in [-0.05, 0) is 27.3 Å². The molecule has 1 aromatic rings. The van der Waals surface area contributed by atoms with Crippen LogP contribution < -0.4 is 10.0 Å². The minimum absolute atomic E-state index is 0.133. The lowest BCUT2D eigenvalue weighted by molar-refractivity contribution is 0.460. The average molecular weight is 260 g/mol. The van der Waals surface area contributed by atoms with Crippen LogP contribution in [0.25, 0.3) is 0 Å². The summed E-state index contributed by atoms with van der Waals surface area (Å²) in [6.45, 7) is 8.55. The Labute approximate surface area is 103 Å². The Bertz CT molecular complexity index is 463. The maximum Gasteiger partial charge on any atom is 0.244 e. The molecule has 17 heavy (non-hydrogen) atoms. The van der Waals surface area contributed by atoms with E-state index in [0.29, 0.717) is 18.1 Å². The number of hydrogen-bond acceptors (Lipinski definition) is 4. The molecule has 0 aliphatic heterocycles. The van der Waals surface area contributed by atoms with Crippen molar-refractivity contribution in [2.75, 3.05) is 6.54 Å². The predicted octanol–water partition coefficient (Wildman–Crippen LogP) is 1.38. The Morgan fingerprint density at radius 3 is 2.59 bits per heavy atom. The smallest absolute Gasteiger partial charge is 0.244 e. The first kappa shape index (κ1) is 14.2. The summed E-state index contributed by atoms with van der Waals surface area (Å²) in [7, 11) is -3.47. The Morgan fingerprint density at radius 1 is 1.41 bits per heavy atom. The Kier molecular flexibility index (Phi) is 4.73. The van der Waals surface area contributed by atoms with E-state index >= 15 is 0 Å². The van der Waals surface area contributed by atoms with Gasteiger partial charge in [-0.25, -0.2) is 13.1 Å². The highest BCUT2D eigenvalue weighted by molar-refractivity contribution is 7.89. The molecule has 6 heteroatoms. The van der Waals surface area contributed by atoms with E-state index in [1.165, 1.54) is 0 Å². The highest BCUT2D eigenvalue weighted by Crippen LogP contribution is 2.20. The molecular weight excluding hydrogens is 240 g/mol. The number of aryl methyl sites for hydroxylation is 1. The first-order valence-electron chi connectivity index (χ1n) is 5.69. The molecule has 98 valence electrons. The van der Waals surface area contributed by atoms with Crippen molar-refractivity contribution in [2.45, 2.75) is 45.2 Å². The SMILES string of the molecule is CCNCc1cc(S(=O)(=O)NC(C)C)c(C)o1. The molecule has 0 saturated carbocycles. The van der Waals surface area contributed by atoms with E-state index in [2.05, 4.69) is 10.0 Å². The summed E-state index contributed by atoms with van der Waals surface area (Å²) in [5.41, 5.74) is 0. The summed E-state index contributed by atoms with van der Waals surface area (Å²) in [5, 5.41) is 3.09. The molecule has 1 rings (SSSR count). The van der Waals surface area contributed by atoms with E-state index in [1.54, 1.807) is 26.8 Å². The first-order valence-corrected chi connectivity index (χ1v) is 7.17. The van der Waals surface area contributed by atoms with Gasteiger partial charge in [0.25, 0.3) is 0 Å². The molecule has 5 nitrogen and oxygen atoms in total. The average Bonchev–Trinajstić information content (AvgIpc) is 2.55. The molecule has 0 bridgehead atoms. The van der Waals surface area contributed by atoms with E-state index in [4.69, 9.17) is 4.42 Å². The lowest BCUT2D eigenvalue weighted by Gasteiger charge is -2.07. The maximum atomic E-state index is 12.0. The van der Waals surface area contributed by atoms with Crippen LogP contribution in [0.5, 0.6) is 0 Å². The standard InChI is InChI=1S/C11H20N2O3S/c1-5-12-7-10-6-11(9(4)16-10)17(14,15)13-8(2)3/h6,8,12-13H,5,7H2,1-4H3. The largest absolute Gasteiger partial charge is 0.464 e. The van der Waals surface area contributed by atoms with Crippen LogP contribution in [-0.2, 0) is 16.6 Å². The van der Waals surface area contributed by atoms with E-state index in [1.807, 2.05) is 6.92 Å². The summed E-state index contributed by atoms with van der Waals surface area (Å²) in [4.78, 5) is 0.221. The summed E-state index contributed by atoms with van der Waals surface area (Å²) in [6.07, 6.45) is 0. The zero-order chi connectivity index (χ0) is 13.1. The van der Waals surface area contributed by atoms with E-state index < -0.39 is 10.0 Å². The van der Waals surface area contributed by atoms with Crippen LogP contribution in [0.3, 0.4) is 0 Å². The Hall–Kier alpha value is -0.850. The molecule has 0 spiro atoms. The first-order chi connectivity index (χ1) is 7.86. The minimum atomic E-state index is -3.47. The maximum absolute atomic E-state index is 12.0. The number of nitrogens with one attached hydrogen (secondary N) is 2. The van der Waals surface area contributed by atoms with Crippen molar-refractivity contribution in [3.63, 3.8) is 0 Å². The molecule has 2 N–H and O–H groups in total. The predicted molar refractivity (Wildman–Crippen MR) is 66.3 cm³/mol. The lowest BCUT2D eigenvalue weighted by Crippen LogP contribution is -2.30. The molecule has 1 heterocycles. The van der Waals surface area contributed by atoms with Crippen molar-refractivity contribution in [1.82, 2.24) is 10.0 Å². The van der Waals surface area contributed by atoms with Crippen molar-refractivity contribution in [2.24, 2.45) is 0 Å². The van der Waals surface area contributed by atoms with Crippen molar-refractivity contribution in [3.05, 3.63) is 17.6 Å². The molecule has 0 fully saturated rings. The fourth-order valence-electron chi connectivity index (χ4n) is 1.50. The summed E-state index contributed by atoms with van der Waals surface area (Å²) in [6, 6.07) is 1.44.